The van der Waals surface area contributed by atoms with Crippen molar-refractivity contribution in [1.29, 1.82) is 0 Å². The van der Waals surface area contributed by atoms with Crippen LogP contribution >= 0.6 is 11.8 Å². The quantitative estimate of drug-likeness (QED) is 0.444. The first-order chi connectivity index (χ1) is 14.0. The van der Waals surface area contributed by atoms with Gasteiger partial charge in [-0.05, 0) is 38.8 Å². The number of nitrogens with zero attached hydrogens (tertiary/aromatic N) is 4. The molecule has 8 heteroatoms. The number of rotatable bonds is 8. The van der Waals surface area contributed by atoms with E-state index in [4.69, 9.17) is 0 Å². The summed E-state index contributed by atoms with van der Waals surface area (Å²) in [6.45, 7) is 8.54. The lowest BCUT2D eigenvalue weighted by Crippen LogP contribution is -2.28. The monoisotopic (exact) mass is 413 g/mol. The van der Waals surface area contributed by atoms with E-state index in [1.807, 2.05) is 36.7 Å². The summed E-state index contributed by atoms with van der Waals surface area (Å²) in [5.41, 5.74) is 0.581. The van der Waals surface area contributed by atoms with Gasteiger partial charge in [0.05, 0.1) is 28.4 Å². The van der Waals surface area contributed by atoms with Crippen molar-refractivity contribution in [3.63, 3.8) is 0 Å². The lowest BCUT2D eigenvalue weighted by atomic mass is 10.2. The first kappa shape index (κ1) is 21.1. The molecule has 0 fully saturated rings. The molecule has 3 rings (SSSR count). The van der Waals surface area contributed by atoms with E-state index in [1.165, 1.54) is 11.8 Å². The maximum Gasteiger partial charge on any atom is 0.262 e. The largest absolute Gasteiger partial charge is 0.310 e. The van der Waals surface area contributed by atoms with Crippen LogP contribution in [0.25, 0.3) is 10.9 Å². The van der Waals surface area contributed by atoms with E-state index in [2.05, 4.69) is 29.2 Å². The number of nitrogens with one attached hydrogen (secondary N) is 1. The van der Waals surface area contributed by atoms with Gasteiger partial charge in [-0.3, -0.25) is 14.2 Å². The Hall–Kier alpha value is -2.61. The molecule has 2 atom stereocenters. The summed E-state index contributed by atoms with van der Waals surface area (Å²) in [5.74, 6) is 0.528. The predicted octanol–water partition coefficient (Wildman–Crippen LogP) is 4.09. The van der Waals surface area contributed by atoms with Crippen LogP contribution in [0.2, 0.25) is 0 Å². The zero-order valence-electron chi connectivity index (χ0n) is 17.3. The maximum atomic E-state index is 12.9. The van der Waals surface area contributed by atoms with Crippen molar-refractivity contribution >= 4 is 34.4 Å². The average molecular weight is 414 g/mol. The first-order valence-corrected chi connectivity index (χ1v) is 10.8. The molecule has 1 aromatic carbocycles. The highest BCUT2D eigenvalue weighted by atomic mass is 32.2. The minimum atomic E-state index is -0.425. The molecule has 0 radical (unpaired) electrons. The summed E-state index contributed by atoms with van der Waals surface area (Å²) in [5, 5.41) is 8.00. The van der Waals surface area contributed by atoms with Crippen LogP contribution in [0.15, 0.2) is 46.5 Å². The van der Waals surface area contributed by atoms with Crippen molar-refractivity contribution in [2.24, 2.45) is 0 Å². The number of benzene rings is 1. The van der Waals surface area contributed by atoms with Crippen molar-refractivity contribution in [1.82, 2.24) is 19.3 Å². The third-order valence-corrected chi connectivity index (χ3v) is 5.95. The number of anilines is 1. The molecular formula is C21H27N5O2S. The maximum absolute atomic E-state index is 12.9. The van der Waals surface area contributed by atoms with Crippen LogP contribution in [0.1, 0.15) is 46.6 Å². The average Bonchev–Trinajstić information content (AvgIpc) is 3.18. The van der Waals surface area contributed by atoms with Crippen LogP contribution in [0, 0.1) is 0 Å². The van der Waals surface area contributed by atoms with Crippen LogP contribution in [0.4, 0.5) is 5.82 Å². The molecule has 2 heterocycles. The normalized spacial score (nSPS) is 13.4. The Kier molecular flexibility index (Phi) is 6.74. The van der Waals surface area contributed by atoms with Gasteiger partial charge in [-0.2, -0.15) is 5.10 Å². The topological polar surface area (TPSA) is 81.8 Å². The molecule has 2 aromatic heterocycles. The third-order valence-electron chi connectivity index (χ3n) is 4.86. The predicted molar refractivity (Wildman–Crippen MR) is 117 cm³/mol. The number of para-hydroxylation sites is 1. The molecule has 0 aliphatic rings. The SMILES string of the molecule is CCCn1c(S[C@H](C)C(=O)Nc2ccnn2[C@H](C)CC)nc2ccccc2c1=O. The molecule has 1 amide bonds. The van der Waals surface area contributed by atoms with Gasteiger partial charge in [0.15, 0.2) is 5.16 Å². The summed E-state index contributed by atoms with van der Waals surface area (Å²) < 4.78 is 3.48. The lowest BCUT2D eigenvalue weighted by molar-refractivity contribution is -0.115. The van der Waals surface area contributed by atoms with E-state index >= 15 is 0 Å². The summed E-state index contributed by atoms with van der Waals surface area (Å²) >= 11 is 1.30. The van der Waals surface area contributed by atoms with Gasteiger partial charge in [-0.25, -0.2) is 9.67 Å². The molecule has 154 valence electrons. The Balaban J connectivity index is 1.85. The van der Waals surface area contributed by atoms with Crippen LogP contribution in [-0.2, 0) is 11.3 Å². The number of thioether (sulfide) groups is 1. The fourth-order valence-electron chi connectivity index (χ4n) is 3.04. The van der Waals surface area contributed by atoms with Gasteiger partial charge in [0.25, 0.3) is 5.56 Å². The zero-order chi connectivity index (χ0) is 21.0. The fraction of sp³-hybridized carbons (Fsp3) is 0.429. The van der Waals surface area contributed by atoms with Crippen molar-refractivity contribution in [2.75, 3.05) is 5.32 Å². The Bertz CT molecular complexity index is 1060. The number of hydrogen-bond donors (Lipinski definition) is 1. The molecule has 0 saturated heterocycles. The smallest absolute Gasteiger partial charge is 0.262 e. The van der Waals surface area contributed by atoms with E-state index in [-0.39, 0.29) is 17.5 Å². The summed E-state index contributed by atoms with van der Waals surface area (Å²) in [6, 6.07) is 9.30. The Morgan fingerprint density at radius 3 is 2.69 bits per heavy atom. The summed E-state index contributed by atoms with van der Waals surface area (Å²) in [7, 11) is 0. The summed E-state index contributed by atoms with van der Waals surface area (Å²) in [4.78, 5) is 30.4. The molecule has 0 bridgehead atoms. The van der Waals surface area contributed by atoms with E-state index in [9.17, 15) is 9.59 Å². The molecule has 0 spiro atoms. The molecule has 0 aliphatic heterocycles. The van der Waals surface area contributed by atoms with Crippen molar-refractivity contribution in [2.45, 2.75) is 63.5 Å². The van der Waals surface area contributed by atoms with Crippen molar-refractivity contribution in [3.8, 4) is 0 Å². The highest BCUT2D eigenvalue weighted by molar-refractivity contribution is 8.00. The second-order valence-electron chi connectivity index (χ2n) is 7.04. The minimum Gasteiger partial charge on any atom is -0.310 e. The highest BCUT2D eigenvalue weighted by Gasteiger charge is 2.21. The Labute approximate surface area is 174 Å². The number of aromatic nitrogens is 4. The number of carbonyl (C=O) groups excluding carboxylic acids is 1. The molecule has 7 nitrogen and oxygen atoms in total. The van der Waals surface area contributed by atoms with Gasteiger partial charge >= 0.3 is 0 Å². The van der Waals surface area contributed by atoms with Gasteiger partial charge in [0.1, 0.15) is 5.82 Å². The number of carbonyl (C=O) groups is 1. The van der Waals surface area contributed by atoms with E-state index in [1.54, 1.807) is 22.9 Å². The molecule has 0 aliphatic carbocycles. The number of amides is 1. The van der Waals surface area contributed by atoms with Crippen LogP contribution < -0.4 is 10.9 Å². The van der Waals surface area contributed by atoms with Crippen LogP contribution in [0.5, 0.6) is 0 Å². The van der Waals surface area contributed by atoms with Gasteiger partial charge in [-0.15, -0.1) is 0 Å². The fourth-order valence-corrected chi connectivity index (χ4v) is 3.97. The van der Waals surface area contributed by atoms with E-state index < -0.39 is 5.25 Å². The number of hydrogen-bond acceptors (Lipinski definition) is 5. The molecule has 1 N–H and O–H groups in total. The van der Waals surface area contributed by atoms with Crippen LogP contribution in [0.3, 0.4) is 0 Å². The Morgan fingerprint density at radius 2 is 1.97 bits per heavy atom. The van der Waals surface area contributed by atoms with Gasteiger partial charge in [0.2, 0.25) is 5.91 Å². The zero-order valence-corrected chi connectivity index (χ0v) is 18.1. The van der Waals surface area contributed by atoms with Gasteiger partial charge in [-0.1, -0.05) is 37.7 Å². The highest BCUT2D eigenvalue weighted by Crippen LogP contribution is 2.24. The third kappa shape index (κ3) is 4.53. The first-order valence-electron chi connectivity index (χ1n) is 9.96. The van der Waals surface area contributed by atoms with Gasteiger partial charge in [0, 0.05) is 12.6 Å². The van der Waals surface area contributed by atoms with Crippen molar-refractivity contribution < 1.29 is 4.79 Å². The molecular weight excluding hydrogens is 386 g/mol. The van der Waals surface area contributed by atoms with Gasteiger partial charge < -0.3 is 5.32 Å². The standard InChI is InChI=1S/C21H27N5O2S/c1-5-13-25-20(28)16-9-7-8-10-17(16)23-21(25)29-15(4)19(27)24-18-11-12-22-26(18)14(3)6-2/h7-12,14-15H,5-6,13H2,1-4H3,(H,24,27)/t14-,15-/m1/s1. The second-order valence-corrected chi connectivity index (χ2v) is 8.34. The molecule has 0 saturated carbocycles. The van der Waals surface area contributed by atoms with Crippen molar-refractivity contribution in [3.05, 3.63) is 46.9 Å². The molecule has 0 unspecified atom stereocenters. The van der Waals surface area contributed by atoms with Crippen LogP contribution in [-0.4, -0.2) is 30.5 Å². The van der Waals surface area contributed by atoms with E-state index in [0.29, 0.717) is 28.4 Å². The number of fused-ring (bicyclic) bond motifs is 1. The summed E-state index contributed by atoms with van der Waals surface area (Å²) in [6.07, 6.45) is 3.41. The Morgan fingerprint density at radius 1 is 1.21 bits per heavy atom. The molecule has 3 aromatic rings. The minimum absolute atomic E-state index is 0.0672. The molecule has 29 heavy (non-hydrogen) atoms. The second kappa shape index (κ2) is 9.26. The van der Waals surface area contributed by atoms with E-state index in [0.717, 1.165) is 12.8 Å². The lowest BCUT2D eigenvalue weighted by Gasteiger charge is -2.17.